The molecule has 0 aliphatic carbocycles. The molecular weight excluding hydrogens is 533 g/mol. The molecule has 2 aromatic heterocycles. The number of H-pyrrole nitrogens is 1. The maximum atomic E-state index is 12.2. The Labute approximate surface area is 213 Å². The van der Waals surface area contributed by atoms with E-state index in [1.165, 1.54) is 25.1 Å². The van der Waals surface area contributed by atoms with E-state index in [1.807, 2.05) is 36.7 Å². The van der Waals surface area contributed by atoms with Crippen LogP contribution in [-0.2, 0) is 14.8 Å². The minimum absolute atomic E-state index is 0.178. The molecule has 37 heavy (non-hydrogen) atoms. The van der Waals surface area contributed by atoms with Crippen LogP contribution in [0.4, 0.5) is 36.2 Å². The third-order valence-corrected chi connectivity index (χ3v) is 6.96. The summed E-state index contributed by atoms with van der Waals surface area (Å²) >= 11 is 1.51. The minimum atomic E-state index is -5.08. The van der Waals surface area contributed by atoms with Crippen LogP contribution >= 0.6 is 11.8 Å². The molecular formula is C22H21F3N6O4S2. The summed E-state index contributed by atoms with van der Waals surface area (Å²) in [5, 5.41) is 14.7. The molecule has 15 heteroatoms. The van der Waals surface area contributed by atoms with Crippen LogP contribution in [0.2, 0.25) is 0 Å². The van der Waals surface area contributed by atoms with Crippen molar-refractivity contribution in [3.63, 3.8) is 0 Å². The number of halogens is 3. The number of nitrogens with one attached hydrogen (secondary N) is 4. The van der Waals surface area contributed by atoms with Gasteiger partial charge in [0.2, 0.25) is 10.0 Å². The topological polar surface area (TPSA) is 149 Å². The number of benzene rings is 2. The fourth-order valence-electron chi connectivity index (χ4n) is 2.98. The number of carboxylic acids is 1. The van der Waals surface area contributed by atoms with E-state index in [2.05, 4.69) is 30.3 Å². The maximum absolute atomic E-state index is 12.2. The van der Waals surface area contributed by atoms with Gasteiger partial charge in [0.15, 0.2) is 0 Å². The van der Waals surface area contributed by atoms with Crippen LogP contribution in [-0.4, -0.2) is 53.9 Å². The molecule has 2 heterocycles. The van der Waals surface area contributed by atoms with Gasteiger partial charge in [-0.05, 0) is 55.1 Å². The van der Waals surface area contributed by atoms with Crippen LogP contribution in [0.25, 0.3) is 10.9 Å². The lowest BCUT2D eigenvalue weighted by molar-refractivity contribution is -0.192. The predicted octanol–water partition coefficient (Wildman–Crippen LogP) is 4.71. The van der Waals surface area contributed by atoms with Gasteiger partial charge in [0.05, 0.1) is 10.6 Å². The van der Waals surface area contributed by atoms with Crippen LogP contribution in [0.1, 0.15) is 0 Å². The van der Waals surface area contributed by atoms with E-state index >= 15 is 0 Å². The van der Waals surface area contributed by atoms with E-state index < -0.39 is 22.2 Å². The second-order valence-electron chi connectivity index (χ2n) is 7.19. The molecule has 0 saturated heterocycles. The summed E-state index contributed by atoms with van der Waals surface area (Å²) in [5.41, 5.74) is 2.57. The van der Waals surface area contributed by atoms with Gasteiger partial charge in [0.25, 0.3) is 0 Å². The molecule has 4 rings (SSSR count). The number of rotatable bonds is 7. The number of thioether (sulfide) groups is 1. The Morgan fingerprint density at radius 3 is 2.32 bits per heavy atom. The molecule has 0 spiro atoms. The Balaban J connectivity index is 0.000000479. The summed E-state index contributed by atoms with van der Waals surface area (Å²) in [5.74, 6) is -1.60. The van der Waals surface area contributed by atoms with E-state index in [1.54, 1.807) is 24.3 Å². The highest BCUT2D eigenvalue weighted by atomic mass is 32.2. The number of hydrogen-bond donors (Lipinski definition) is 5. The highest BCUT2D eigenvalue weighted by molar-refractivity contribution is 7.98. The summed E-state index contributed by atoms with van der Waals surface area (Å²) in [6.45, 7) is 0. The average Bonchev–Trinajstić information content (AvgIpc) is 3.32. The zero-order valence-corrected chi connectivity index (χ0v) is 20.9. The molecule has 196 valence electrons. The van der Waals surface area contributed by atoms with Crippen molar-refractivity contribution >= 4 is 61.7 Å². The van der Waals surface area contributed by atoms with Crippen molar-refractivity contribution in [2.75, 3.05) is 23.9 Å². The fraction of sp³-hybridized carbons (Fsp3) is 0.136. The number of carbonyl (C=O) groups is 1. The first-order valence-corrected chi connectivity index (χ1v) is 13.0. The lowest BCUT2D eigenvalue weighted by Gasteiger charge is -2.13. The number of nitrogens with zero attached hydrogens (tertiary/aromatic N) is 2. The predicted molar refractivity (Wildman–Crippen MR) is 135 cm³/mol. The molecule has 0 unspecified atom stereocenters. The van der Waals surface area contributed by atoms with Gasteiger partial charge in [-0.15, -0.1) is 11.8 Å². The molecule has 5 N–H and O–H groups in total. The molecule has 10 nitrogen and oxygen atoms in total. The number of fused-ring (bicyclic) bond motifs is 1. The van der Waals surface area contributed by atoms with Crippen molar-refractivity contribution in [2.45, 2.75) is 16.0 Å². The van der Waals surface area contributed by atoms with Crippen LogP contribution < -0.4 is 15.4 Å². The zero-order chi connectivity index (χ0) is 27.2. The third kappa shape index (κ3) is 7.34. The summed E-state index contributed by atoms with van der Waals surface area (Å²) < 4.78 is 58.4. The Morgan fingerprint density at radius 2 is 1.70 bits per heavy atom. The number of hydrogen-bond acceptors (Lipinski definition) is 8. The van der Waals surface area contributed by atoms with E-state index in [0.717, 1.165) is 21.5 Å². The van der Waals surface area contributed by atoms with Crippen molar-refractivity contribution in [1.29, 1.82) is 0 Å². The van der Waals surface area contributed by atoms with Gasteiger partial charge >= 0.3 is 12.1 Å². The van der Waals surface area contributed by atoms with Gasteiger partial charge in [-0.2, -0.15) is 13.2 Å². The van der Waals surface area contributed by atoms with Crippen molar-refractivity contribution in [2.24, 2.45) is 0 Å². The Kier molecular flexibility index (Phi) is 8.62. The molecule has 0 aliphatic heterocycles. The smallest absolute Gasteiger partial charge is 0.475 e. The maximum Gasteiger partial charge on any atom is 0.490 e. The Morgan fingerprint density at radius 1 is 1.03 bits per heavy atom. The number of carboxylic acid groups (broad SMARTS) is 1. The summed E-state index contributed by atoms with van der Waals surface area (Å²) in [7, 11) is -2.16. The van der Waals surface area contributed by atoms with Crippen LogP contribution in [0, 0.1) is 0 Å². The van der Waals surface area contributed by atoms with E-state index in [9.17, 15) is 21.6 Å². The number of anilines is 4. The van der Waals surface area contributed by atoms with Gasteiger partial charge in [-0.3, -0.25) is 0 Å². The standard InChI is InChI=1S/C20H20N6O2S2.C2HF3O2/c1-21-30(27,28)15-5-6-18(29-2)17(10-15)26-20-11-19(23-12-24-20)25-14-4-3-13-7-8-22-16(13)9-14;3-2(4,5)1(6)7/h3-12,21-22H,1-2H3,(H2,23,24,25,26);(H,6,7). The summed E-state index contributed by atoms with van der Waals surface area (Å²) in [6.07, 6.45) is 0.189. The third-order valence-electron chi connectivity index (χ3n) is 4.75. The molecule has 2 aromatic carbocycles. The number of aliphatic carboxylic acids is 1. The molecule has 0 saturated carbocycles. The molecule has 0 radical (unpaired) electrons. The number of aromatic amines is 1. The molecule has 0 amide bonds. The second kappa shape index (κ2) is 11.5. The van der Waals surface area contributed by atoms with Gasteiger partial charge < -0.3 is 20.7 Å². The number of aromatic nitrogens is 3. The van der Waals surface area contributed by atoms with Crippen LogP contribution in [0.3, 0.4) is 0 Å². The highest BCUT2D eigenvalue weighted by Gasteiger charge is 2.38. The van der Waals surface area contributed by atoms with Crippen molar-refractivity contribution < 1.29 is 31.5 Å². The lowest BCUT2D eigenvalue weighted by atomic mass is 10.2. The highest BCUT2D eigenvalue weighted by Crippen LogP contribution is 2.31. The first-order chi connectivity index (χ1) is 17.4. The fourth-order valence-corrected chi connectivity index (χ4v) is 4.27. The second-order valence-corrected chi connectivity index (χ2v) is 9.93. The van der Waals surface area contributed by atoms with Gasteiger partial charge in [0.1, 0.15) is 18.0 Å². The molecule has 0 atom stereocenters. The number of alkyl halides is 3. The first-order valence-electron chi connectivity index (χ1n) is 10.3. The van der Waals surface area contributed by atoms with Gasteiger partial charge in [-0.1, -0.05) is 6.07 Å². The molecule has 0 aliphatic rings. The average molecular weight is 555 g/mol. The zero-order valence-electron chi connectivity index (χ0n) is 19.3. The van der Waals surface area contributed by atoms with Crippen molar-refractivity contribution in [3.8, 4) is 0 Å². The largest absolute Gasteiger partial charge is 0.490 e. The van der Waals surface area contributed by atoms with Crippen molar-refractivity contribution in [3.05, 3.63) is 61.1 Å². The van der Waals surface area contributed by atoms with E-state index in [4.69, 9.17) is 9.90 Å². The normalized spacial score (nSPS) is 11.5. The molecule has 4 aromatic rings. The number of sulfonamides is 1. The Bertz CT molecular complexity index is 1510. The molecule has 0 fully saturated rings. The van der Waals surface area contributed by atoms with E-state index in [0.29, 0.717) is 17.3 Å². The van der Waals surface area contributed by atoms with Gasteiger partial charge in [-0.25, -0.2) is 27.9 Å². The van der Waals surface area contributed by atoms with Crippen LogP contribution in [0.15, 0.2) is 70.8 Å². The first kappa shape index (κ1) is 27.8. The quantitative estimate of drug-likeness (QED) is 0.205. The SMILES string of the molecule is CNS(=O)(=O)c1ccc(SC)c(Nc2cc(Nc3ccc4cc[nH]c4c3)ncn2)c1.O=C(O)C(F)(F)F. The Hall–Kier alpha value is -3.82. The minimum Gasteiger partial charge on any atom is -0.475 e. The molecule has 0 bridgehead atoms. The van der Waals surface area contributed by atoms with Gasteiger partial charge in [0, 0.05) is 28.4 Å². The van der Waals surface area contributed by atoms with Crippen molar-refractivity contribution in [1.82, 2.24) is 19.7 Å². The monoisotopic (exact) mass is 554 g/mol. The summed E-state index contributed by atoms with van der Waals surface area (Å²) in [6, 6.07) is 14.7. The van der Waals surface area contributed by atoms with E-state index in [-0.39, 0.29) is 4.90 Å². The summed E-state index contributed by atoms with van der Waals surface area (Å²) in [4.78, 5) is 21.7. The lowest BCUT2D eigenvalue weighted by Crippen LogP contribution is -2.21. The van der Waals surface area contributed by atoms with Crippen LogP contribution in [0.5, 0.6) is 0 Å².